The first-order valence-corrected chi connectivity index (χ1v) is 7.66. The van der Waals surface area contributed by atoms with Crippen LogP contribution in [0.5, 0.6) is 0 Å². The van der Waals surface area contributed by atoms with Crippen molar-refractivity contribution in [1.82, 2.24) is 4.72 Å². The van der Waals surface area contributed by atoms with Crippen molar-refractivity contribution < 1.29 is 27.9 Å². The molecule has 21 heavy (non-hydrogen) atoms. The Morgan fingerprint density at radius 2 is 2.00 bits per heavy atom. The molecule has 0 spiro atoms. The molecule has 8 heteroatoms. The molecule has 0 fully saturated rings. The Kier molecular flexibility index (Phi) is 5.86. The van der Waals surface area contributed by atoms with E-state index in [2.05, 4.69) is 9.46 Å². The van der Waals surface area contributed by atoms with Gasteiger partial charge in [-0.25, -0.2) is 17.9 Å². The van der Waals surface area contributed by atoms with Gasteiger partial charge in [0.25, 0.3) is 0 Å². The van der Waals surface area contributed by atoms with Crippen LogP contribution in [0.2, 0.25) is 0 Å². The predicted molar refractivity (Wildman–Crippen MR) is 74.6 cm³/mol. The van der Waals surface area contributed by atoms with Crippen LogP contribution in [-0.4, -0.2) is 39.1 Å². The summed E-state index contributed by atoms with van der Waals surface area (Å²) in [5.74, 6) is -1.52. The third-order valence-corrected chi connectivity index (χ3v) is 4.23. The first-order chi connectivity index (χ1) is 9.77. The smallest absolute Gasteiger partial charge is 0.338 e. The fourth-order valence-corrected chi connectivity index (χ4v) is 2.83. The highest BCUT2D eigenvalue weighted by molar-refractivity contribution is 7.89. The van der Waals surface area contributed by atoms with Gasteiger partial charge in [-0.05, 0) is 37.1 Å². The molecule has 0 saturated heterocycles. The van der Waals surface area contributed by atoms with Gasteiger partial charge in [0.1, 0.15) is 0 Å². The highest BCUT2D eigenvalue weighted by Crippen LogP contribution is 2.16. The van der Waals surface area contributed by atoms with E-state index in [0.29, 0.717) is 11.1 Å². The third-order valence-electron chi connectivity index (χ3n) is 2.77. The Labute approximate surface area is 123 Å². The Morgan fingerprint density at radius 1 is 1.33 bits per heavy atom. The van der Waals surface area contributed by atoms with Gasteiger partial charge < -0.3 is 9.84 Å². The van der Waals surface area contributed by atoms with Crippen molar-refractivity contribution in [2.24, 2.45) is 0 Å². The molecule has 0 atom stereocenters. The van der Waals surface area contributed by atoms with Crippen molar-refractivity contribution in [3.05, 3.63) is 29.3 Å². The van der Waals surface area contributed by atoms with Crippen LogP contribution in [0.25, 0.3) is 0 Å². The van der Waals surface area contributed by atoms with Crippen LogP contribution in [0.15, 0.2) is 23.1 Å². The Morgan fingerprint density at radius 3 is 2.52 bits per heavy atom. The Balaban J connectivity index is 2.82. The average molecular weight is 315 g/mol. The van der Waals surface area contributed by atoms with Gasteiger partial charge in [-0.3, -0.25) is 4.79 Å². The summed E-state index contributed by atoms with van der Waals surface area (Å²) in [6, 6.07) is 4.05. The van der Waals surface area contributed by atoms with Crippen LogP contribution in [0, 0.1) is 6.92 Å². The fourth-order valence-electron chi connectivity index (χ4n) is 1.67. The van der Waals surface area contributed by atoms with Crippen molar-refractivity contribution in [3.63, 3.8) is 0 Å². The summed E-state index contributed by atoms with van der Waals surface area (Å²) in [7, 11) is -2.48. The highest BCUT2D eigenvalue weighted by Gasteiger charge is 2.17. The summed E-state index contributed by atoms with van der Waals surface area (Å²) in [5.41, 5.74) is 0.776. The number of sulfonamides is 1. The first-order valence-electron chi connectivity index (χ1n) is 6.18. The molecular formula is C13H17NO6S. The van der Waals surface area contributed by atoms with Gasteiger partial charge in [0, 0.05) is 13.0 Å². The molecule has 0 bridgehead atoms. The Bertz CT molecular complexity index is 638. The summed E-state index contributed by atoms with van der Waals surface area (Å²) in [5, 5.41) is 8.48. The molecule has 2 N–H and O–H groups in total. The van der Waals surface area contributed by atoms with Crippen LogP contribution in [0.1, 0.15) is 28.8 Å². The number of carbonyl (C=O) groups is 2. The van der Waals surface area contributed by atoms with Crippen molar-refractivity contribution in [1.29, 1.82) is 0 Å². The summed E-state index contributed by atoms with van der Waals surface area (Å²) in [4.78, 5) is 21.8. The molecule has 0 radical (unpaired) electrons. The van der Waals surface area contributed by atoms with E-state index in [9.17, 15) is 18.0 Å². The van der Waals surface area contributed by atoms with Gasteiger partial charge in [-0.1, -0.05) is 0 Å². The maximum atomic E-state index is 12.0. The molecule has 1 aromatic carbocycles. The van der Waals surface area contributed by atoms with E-state index in [1.807, 2.05) is 0 Å². The number of rotatable bonds is 7. The number of hydrogen-bond acceptors (Lipinski definition) is 5. The van der Waals surface area contributed by atoms with Crippen LogP contribution in [-0.2, 0) is 19.6 Å². The number of benzene rings is 1. The summed E-state index contributed by atoms with van der Waals surface area (Å²) < 4.78 is 30.9. The van der Waals surface area contributed by atoms with E-state index >= 15 is 0 Å². The number of carboxylic acids is 1. The van der Waals surface area contributed by atoms with Gasteiger partial charge >= 0.3 is 11.9 Å². The number of nitrogens with one attached hydrogen (secondary N) is 1. The molecule has 0 amide bonds. The Hall–Kier alpha value is -1.93. The number of esters is 1. The van der Waals surface area contributed by atoms with Crippen LogP contribution < -0.4 is 4.72 Å². The van der Waals surface area contributed by atoms with Gasteiger partial charge in [-0.15, -0.1) is 0 Å². The van der Waals surface area contributed by atoms with Crippen LogP contribution in [0.4, 0.5) is 0 Å². The van der Waals surface area contributed by atoms with Crippen molar-refractivity contribution >= 4 is 22.0 Å². The maximum absolute atomic E-state index is 12.0. The second-order valence-corrected chi connectivity index (χ2v) is 6.13. The summed E-state index contributed by atoms with van der Waals surface area (Å²) in [6.45, 7) is 1.64. The third kappa shape index (κ3) is 4.83. The first kappa shape index (κ1) is 17.1. The minimum absolute atomic E-state index is 0.0166. The number of aryl methyl sites for hydroxylation is 1. The SMILES string of the molecule is COC(=O)c1ccc(S(=O)(=O)NCCCC(=O)O)cc1C. The zero-order valence-electron chi connectivity index (χ0n) is 11.8. The molecule has 0 aromatic heterocycles. The van der Waals surface area contributed by atoms with Gasteiger partial charge in [0.2, 0.25) is 10.0 Å². The quantitative estimate of drug-likeness (QED) is 0.572. The molecular weight excluding hydrogens is 298 g/mol. The van der Waals surface area contributed by atoms with E-state index < -0.39 is 22.0 Å². The van der Waals surface area contributed by atoms with Crippen molar-refractivity contribution in [2.75, 3.05) is 13.7 Å². The molecule has 7 nitrogen and oxygen atoms in total. The molecule has 0 heterocycles. The standard InChI is InChI=1S/C13H17NO6S/c1-9-8-10(5-6-11(9)13(17)20-2)21(18,19)14-7-3-4-12(15)16/h5-6,8,14H,3-4,7H2,1-2H3,(H,15,16). The molecule has 116 valence electrons. The topological polar surface area (TPSA) is 110 Å². The minimum Gasteiger partial charge on any atom is -0.481 e. The zero-order valence-corrected chi connectivity index (χ0v) is 12.6. The van der Waals surface area contributed by atoms with Crippen LogP contribution in [0.3, 0.4) is 0 Å². The monoisotopic (exact) mass is 315 g/mol. The van der Waals surface area contributed by atoms with E-state index in [1.165, 1.54) is 25.3 Å². The molecule has 1 rings (SSSR count). The maximum Gasteiger partial charge on any atom is 0.338 e. The number of hydrogen-bond donors (Lipinski definition) is 2. The van der Waals surface area contributed by atoms with Gasteiger partial charge in [0.15, 0.2) is 0 Å². The molecule has 0 saturated carbocycles. The zero-order chi connectivity index (χ0) is 16.0. The largest absolute Gasteiger partial charge is 0.481 e. The molecule has 1 aromatic rings. The van der Waals surface area contributed by atoms with E-state index in [-0.39, 0.29) is 24.3 Å². The second kappa shape index (κ2) is 7.19. The number of ether oxygens (including phenoxy) is 1. The van der Waals surface area contributed by atoms with Crippen molar-refractivity contribution in [3.8, 4) is 0 Å². The highest BCUT2D eigenvalue weighted by atomic mass is 32.2. The van der Waals surface area contributed by atoms with Gasteiger partial charge in [0.05, 0.1) is 17.6 Å². The number of aliphatic carboxylic acids is 1. The predicted octanol–water partition coefficient (Wildman–Crippen LogP) is 0.925. The molecule has 0 aliphatic heterocycles. The summed E-state index contributed by atoms with van der Waals surface area (Å²) >= 11 is 0. The molecule has 0 unspecified atom stereocenters. The second-order valence-electron chi connectivity index (χ2n) is 4.36. The lowest BCUT2D eigenvalue weighted by Gasteiger charge is -2.09. The number of carbonyl (C=O) groups excluding carboxylic acids is 1. The van der Waals surface area contributed by atoms with Gasteiger partial charge in [-0.2, -0.15) is 0 Å². The van der Waals surface area contributed by atoms with E-state index in [1.54, 1.807) is 6.92 Å². The van der Waals surface area contributed by atoms with E-state index in [4.69, 9.17) is 5.11 Å². The fraction of sp³-hybridized carbons (Fsp3) is 0.385. The average Bonchev–Trinajstić information content (AvgIpc) is 2.42. The lowest BCUT2D eigenvalue weighted by molar-refractivity contribution is -0.137. The lowest BCUT2D eigenvalue weighted by atomic mass is 10.1. The lowest BCUT2D eigenvalue weighted by Crippen LogP contribution is -2.25. The molecule has 0 aliphatic rings. The van der Waals surface area contributed by atoms with Crippen LogP contribution >= 0.6 is 0 Å². The minimum atomic E-state index is -3.72. The number of methoxy groups -OCH3 is 1. The van der Waals surface area contributed by atoms with E-state index in [0.717, 1.165) is 0 Å². The molecule has 0 aliphatic carbocycles. The van der Waals surface area contributed by atoms with Crippen molar-refractivity contribution in [2.45, 2.75) is 24.7 Å². The normalized spacial score (nSPS) is 11.1. The summed E-state index contributed by atoms with van der Waals surface area (Å²) in [6.07, 6.45) is 0.0939. The number of carboxylic acid groups (broad SMARTS) is 1.